The lowest BCUT2D eigenvalue weighted by Crippen LogP contribution is -2.08. The molecule has 0 bridgehead atoms. The number of aromatic nitrogens is 3. The van der Waals surface area contributed by atoms with E-state index in [-0.39, 0.29) is 11.8 Å². The van der Waals surface area contributed by atoms with Crippen LogP contribution in [0.5, 0.6) is 0 Å². The SMILES string of the molecule is C=NCC1C=CC=C/C1=C\c1cc(-c2ccc(-c3ccc4c5c(cccc35)C3=C4C=CCC3)cc2)cc(-c2nc(-c3ccccc3)nc(C3C=CC=CC3)n2)c1. The van der Waals surface area contributed by atoms with Crippen LogP contribution >= 0.6 is 0 Å². The van der Waals surface area contributed by atoms with Gasteiger partial charge < -0.3 is 0 Å². The highest BCUT2D eigenvalue weighted by Gasteiger charge is 2.25. The van der Waals surface area contributed by atoms with Gasteiger partial charge in [0.2, 0.25) is 0 Å². The van der Waals surface area contributed by atoms with E-state index in [1.54, 1.807) is 0 Å². The number of hydrogen-bond donors (Lipinski definition) is 0. The Morgan fingerprint density at radius 2 is 1.45 bits per heavy atom. The monoisotopic (exact) mass is 720 g/mol. The molecule has 0 saturated heterocycles. The fourth-order valence-electron chi connectivity index (χ4n) is 8.63. The second kappa shape index (κ2) is 14.5. The number of benzene rings is 5. The molecule has 4 heteroatoms. The lowest BCUT2D eigenvalue weighted by molar-refractivity contribution is 0.764. The van der Waals surface area contributed by atoms with Crippen LogP contribution in [0.15, 0.2) is 174 Å². The van der Waals surface area contributed by atoms with Crippen LogP contribution in [0.25, 0.3) is 73.0 Å². The summed E-state index contributed by atoms with van der Waals surface area (Å²) < 4.78 is 0. The van der Waals surface area contributed by atoms with Crippen molar-refractivity contribution < 1.29 is 0 Å². The number of aliphatic imine (C=N–C) groups is 1. The molecular formula is C52H40N4. The average Bonchev–Trinajstić information content (AvgIpc) is 3.60. The fourth-order valence-corrected chi connectivity index (χ4v) is 8.63. The van der Waals surface area contributed by atoms with Crippen molar-refractivity contribution >= 4 is 34.7 Å². The Morgan fingerprint density at radius 3 is 2.29 bits per heavy atom. The molecular weight excluding hydrogens is 681 g/mol. The van der Waals surface area contributed by atoms with Crippen molar-refractivity contribution in [1.29, 1.82) is 0 Å². The number of nitrogens with zero attached hydrogens (tertiary/aromatic N) is 4. The number of hydrogen-bond acceptors (Lipinski definition) is 4. The van der Waals surface area contributed by atoms with Crippen LogP contribution in [0.4, 0.5) is 0 Å². The Morgan fingerprint density at radius 1 is 0.643 bits per heavy atom. The molecule has 2 atom stereocenters. The highest BCUT2D eigenvalue weighted by atomic mass is 15.0. The lowest BCUT2D eigenvalue weighted by Gasteiger charge is -2.17. The molecule has 0 N–H and O–H groups in total. The van der Waals surface area contributed by atoms with E-state index in [0.29, 0.717) is 18.2 Å². The molecule has 0 spiro atoms. The molecule has 1 aromatic heterocycles. The van der Waals surface area contributed by atoms with Crippen LogP contribution in [-0.2, 0) is 0 Å². The second-order valence-corrected chi connectivity index (χ2v) is 14.9. The number of allylic oxidation sites excluding steroid dienone is 11. The maximum absolute atomic E-state index is 5.16. The molecule has 0 aliphatic heterocycles. The highest BCUT2D eigenvalue weighted by molar-refractivity contribution is 6.19. The van der Waals surface area contributed by atoms with Crippen LogP contribution in [0.1, 0.15) is 47.7 Å². The summed E-state index contributed by atoms with van der Waals surface area (Å²) in [6.45, 7) is 4.42. The first kappa shape index (κ1) is 33.8. The maximum Gasteiger partial charge on any atom is 0.163 e. The summed E-state index contributed by atoms with van der Waals surface area (Å²) in [4.78, 5) is 19.5. The quantitative estimate of drug-likeness (QED) is 0.147. The van der Waals surface area contributed by atoms with E-state index in [1.165, 1.54) is 49.7 Å². The first-order chi connectivity index (χ1) is 27.7. The smallest absolute Gasteiger partial charge is 0.163 e. The molecule has 4 aliphatic rings. The van der Waals surface area contributed by atoms with Crippen molar-refractivity contribution in [2.45, 2.75) is 25.2 Å². The summed E-state index contributed by atoms with van der Waals surface area (Å²) in [6, 6.07) is 37.4. The van der Waals surface area contributed by atoms with E-state index >= 15 is 0 Å². The van der Waals surface area contributed by atoms with Crippen molar-refractivity contribution in [3.63, 3.8) is 0 Å². The third-order valence-electron chi connectivity index (χ3n) is 11.4. The van der Waals surface area contributed by atoms with Gasteiger partial charge in [0.05, 0.1) is 0 Å². The normalized spacial score (nSPS) is 18.6. The van der Waals surface area contributed by atoms with Crippen LogP contribution in [0.3, 0.4) is 0 Å². The third-order valence-corrected chi connectivity index (χ3v) is 11.4. The standard InChI is InChI=1S/C52H40N4/c1-53-33-40-18-9-8-17-39(40)29-34-30-41(32-42(31-34)52-55-50(37-13-4-2-5-14-37)54-51(56-52)38-15-6-3-7-16-38)35-23-25-36(26-24-35)43-27-28-48-45-20-11-10-19-44(45)47-22-12-21-46(43)49(47)48/h2-9,11-15,17-18,20-32,38,40H,1,10,16,19,33H2/b39-29+. The van der Waals surface area contributed by atoms with Gasteiger partial charge in [-0.3, -0.25) is 4.99 Å². The van der Waals surface area contributed by atoms with Crippen molar-refractivity contribution in [3.05, 3.63) is 192 Å². The predicted molar refractivity (Wildman–Crippen MR) is 234 cm³/mol. The minimum atomic E-state index is 0.0800. The van der Waals surface area contributed by atoms with Crippen molar-refractivity contribution in [2.75, 3.05) is 6.54 Å². The fraction of sp³-hybridized carbons (Fsp3) is 0.115. The molecule has 10 rings (SSSR count). The Kier molecular flexibility index (Phi) is 8.72. The molecule has 2 unspecified atom stereocenters. The van der Waals surface area contributed by atoms with Gasteiger partial charge in [0.25, 0.3) is 0 Å². The lowest BCUT2D eigenvalue weighted by atomic mass is 9.90. The molecule has 1 heterocycles. The molecule has 5 aromatic carbocycles. The first-order valence-electron chi connectivity index (χ1n) is 19.6. The molecule has 4 nitrogen and oxygen atoms in total. The van der Waals surface area contributed by atoms with E-state index in [0.717, 1.165) is 52.9 Å². The zero-order chi connectivity index (χ0) is 37.4. The zero-order valence-electron chi connectivity index (χ0n) is 31.1. The van der Waals surface area contributed by atoms with E-state index in [2.05, 4.69) is 163 Å². The van der Waals surface area contributed by atoms with Gasteiger partial charge in [0, 0.05) is 29.5 Å². The molecule has 0 amide bonds. The minimum Gasteiger partial charge on any atom is -0.300 e. The van der Waals surface area contributed by atoms with E-state index in [9.17, 15) is 0 Å². The molecule has 6 aromatic rings. The van der Waals surface area contributed by atoms with E-state index in [4.69, 9.17) is 15.0 Å². The highest BCUT2D eigenvalue weighted by Crippen LogP contribution is 2.48. The van der Waals surface area contributed by atoms with Crippen LogP contribution in [0.2, 0.25) is 0 Å². The van der Waals surface area contributed by atoms with Gasteiger partial charge in [0.1, 0.15) is 5.82 Å². The van der Waals surface area contributed by atoms with Gasteiger partial charge in [-0.05, 0) is 111 Å². The van der Waals surface area contributed by atoms with Crippen molar-refractivity contribution in [2.24, 2.45) is 10.9 Å². The van der Waals surface area contributed by atoms with E-state index < -0.39 is 0 Å². The Bertz CT molecular complexity index is 2760. The second-order valence-electron chi connectivity index (χ2n) is 14.9. The summed E-state index contributed by atoms with van der Waals surface area (Å²) in [6.07, 6.45) is 27.0. The summed E-state index contributed by atoms with van der Waals surface area (Å²) in [5, 5.41) is 2.70. The molecule has 0 radical (unpaired) electrons. The largest absolute Gasteiger partial charge is 0.300 e. The number of rotatable bonds is 8. The van der Waals surface area contributed by atoms with Gasteiger partial charge in [-0.25, -0.2) is 15.0 Å². The van der Waals surface area contributed by atoms with Crippen LogP contribution in [0, 0.1) is 5.92 Å². The van der Waals surface area contributed by atoms with Gasteiger partial charge in [-0.2, -0.15) is 0 Å². The average molecular weight is 721 g/mol. The molecule has 4 aliphatic carbocycles. The predicted octanol–water partition coefficient (Wildman–Crippen LogP) is 12.7. The Hall–Kier alpha value is -6.78. The Labute approximate surface area is 328 Å². The molecule has 56 heavy (non-hydrogen) atoms. The molecule has 268 valence electrons. The van der Waals surface area contributed by atoms with E-state index in [1.807, 2.05) is 18.2 Å². The molecule has 0 saturated carbocycles. The summed E-state index contributed by atoms with van der Waals surface area (Å²) in [5.74, 6) is 2.36. The van der Waals surface area contributed by atoms with Gasteiger partial charge in [-0.15, -0.1) is 0 Å². The Balaban J connectivity index is 1.09. The minimum absolute atomic E-state index is 0.0800. The summed E-state index contributed by atoms with van der Waals surface area (Å²) in [5.41, 5.74) is 14.5. The maximum atomic E-state index is 5.16. The third kappa shape index (κ3) is 6.23. The van der Waals surface area contributed by atoms with Crippen molar-refractivity contribution in [1.82, 2.24) is 15.0 Å². The topological polar surface area (TPSA) is 51.0 Å². The number of fused-ring (bicyclic) bond motifs is 2. The van der Waals surface area contributed by atoms with Crippen molar-refractivity contribution in [3.8, 4) is 45.0 Å². The molecule has 0 fully saturated rings. The summed E-state index contributed by atoms with van der Waals surface area (Å²) >= 11 is 0. The first-order valence-corrected chi connectivity index (χ1v) is 19.6. The van der Waals surface area contributed by atoms with Gasteiger partial charge in [-0.1, -0.05) is 152 Å². The van der Waals surface area contributed by atoms with Crippen LogP contribution < -0.4 is 0 Å². The van der Waals surface area contributed by atoms with Crippen LogP contribution in [-0.4, -0.2) is 28.2 Å². The van der Waals surface area contributed by atoms with Gasteiger partial charge in [0.15, 0.2) is 11.6 Å². The zero-order valence-corrected chi connectivity index (χ0v) is 31.1. The summed E-state index contributed by atoms with van der Waals surface area (Å²) in [7, 11) is 0. The van der Waals surface area contributed by atoms with Gasteiger partial charge >= 0.3 is 0 Å².